The number of aromatic amines is 1. The molecule has 0 spiro atoms. The van der Waals surface area contributed by atoms with Gasteiger partial charge in [-0.3, -0.25) is 4.79 Å². The molecule has 0 radical (unpaired) electrons. The van der Waals surface area contributed by atoms with E-state index in [-0.39, 0.29) is 5.56 Å². The van der Waals surface area contributed by atoms with E-state index in [4.69, 9.17) is 0 Å². The molecule has 0 aliphatic heterocycles. The third-order valence-corrected chi connectivity index (χ3v) is 3.13. The maximum absolute atomic E-state index is 12.0. The van der Waals surface area contributed by atoms with E-state index < -0.39 is 0 Å². The Bertz CT molecular complexity index is 616. The first kappa shape index (κ1) is 13.8. The zero-order valence-corrected chi connectivity index (χ0v) is 11.8. The summed E-state index contributed by atoms with van der Waals surface area (Å²) in [4.78, 5) is 17.0. The summed E-state index contributed by atoms with van der Waals surface area (Å²) >= 11 is 0. The van der Waals surface area contributed by atoms with Crippen LogP contribution >= 0.6 is 0 Å². The molecule has 0 unspecified atom stereocenters. The molecule has 0 saturated carbocycles. The molecule has 1 aromatic heterocycles. The first-order chi connectivity index (χ1) is 9.06. The Kier molecular flexibility index (Phi) is 4.35. The molecule has 0 atom stereocenters. The molecule has 0 aliphatic carbocycles. The van der Waals surface area contributed by atoms with Crippen molar-refractivity contribution < 1.29 is 0 Å². The van der Waals surface area contributed by atoms with Crippen LogP contribution in [0.25, 0.3) is 10.9 Å². The van der Waals surface area contributed by atoms with Crippen LogP contribution in [0.4, 0.5) is 0 Å². The fourth-order valence-corrected chi connectivity index (χ4v) is 2.02. The Morgan fingerprint density at radius 3 is 2.79 bits per heavy atom. The molecule has 0 amide bonds. The van der Waals surface area contributed by atoms with Gasteiger partial charge in [0.1, 0.15) is 0 Å². The Balaban J connectivity index is 2.13. The zero-order valence-electron chi connectivity index (χ0n) is 11.8. The van der Waals surface area contributed by atoms with Gasteiger partial charge in [-0.1, -0.05) is 12.1 Å². The van der Waals surface area contributed by atoms with Gasteiger partial charge >= 0.3 is 0 Å². The SMILES string of the molecule is Cc1ccc2cc(CNCCN(C)C)c(=O)[nH]c2c1. The van der Waals surface area contributed by atoms with E-state index in [1.165, 1.54) is 0 Å². The predicted molar refractivity (Wildman–Crippen MR) is 79.6 cm³/mol. The van der Waals surface area contributed by atoms with Crippen molar-refractivity contribution in [1.29, 1.82) is 0 Å². The lowest BCUT2D eigenvalue weighted by atomic mass is 10.1. The molecule has 0 bridgehead atoms. The lowest BCUT2D eigenvalue weighted by molar-refractivity contribution is 0.400. The van der Waals surface area contributed by atoms with E-state index in [0.717, 1.165) is 35.1 Å². The highest BCUT2D eigenvalue weighted by Gasteiger charge is 2.03. The van der Waals surface area contributed by atoms with Crippen molar-refractivity contribution in [3.63, 3.8) is 0 Å². The number of nitrogens with one attached hydrogen (secondary N) is 2. The molecule has 4 nitrogen and oxygen atoms in total. The van der Waals surface area contributed by atoms with Crippen molar-refractivity contribution in [3.8, 4) is 0 Å². The fraction of sp³-hybridized carbons (Fsp3) is 0.400. The fourth-order valence-electron chi connectivity index (χ4n) is 2.02. The number of aryl methyl sites for hydroxylation is 1. The Hall–Kier alpha value is -1.65. The second-order valence-electron chi connectivity index (χ2n) is 5.19. The highest BCUT2D eigenvalue weighted by molar-refractivity contribution is 5.79. The van der Waals surface area contributed by atoms with Crippen LogP contribution in [0.1, 0.15) is 11.1 Å². The first-order valence-corrected chi connectivity index (χ1v) is 6.54. The molecule has 0 aliphatic rings. The van der Waals surface area contributed by atoms with Gasteiger partial charge in [-0.15, -0.1) is 0 Å². The van der Waals surface area contributed by atoms with Crippen LogP contribution in [0.5, 0.6) is 0 Å². The molecule has 2 rings (SSSR count). The second kappa shape index (κ2) is 5.99. The normalized spacial score (nSPS) is 11.4. The highest BCUT2D eigenvalue weighted by Crippen LogP contribution is 2.12. The molecule has 0 saturated heterocycles. The second-order valence-corrected chi connectivity index (χ2v) is 5.19. The first-order valence-electron chi connectivity index (χ1n) is 6.54. The lowest BCUT2D eigenvalue weighted by Gasteiger charge is -2.10. The molecule has 2 aromatic rings. The summed E-state index contributed by atoms with van der Waals surface area (Å²) in [6.45, 7) is 4.46. The average molecular weight is 259 g/mol. The van der Waals surface area contributed by atoms with Crippen LogP contribution < -0.4 is 10.9 Å². The summed E-state index contributed by atoms with van der Waals surface area (Å²) < 4.78 is 0. The molecule has 1 heterocycles. The van der Waals surface area contributed by atoms with Gasteiger partial charge in [0.25, 0.3) is 5.56 Å². The van der Waals surface area contributed by atoms with Crippen molar-refractivity contribution in [3.05, 3.63) is 45.7 Å². The quantitative estimate of drug-likeness (QED) is 0.800. The van der Waals surface area contributed by atoms with Crippen molar-refractivity contribution >= 4 is 10.9 Å². The van der Waals surface area contributed by atoms with Crippen LogP contribution in [0, 0.1) is 6.92 Å². The van der Waals surface area contributed by atoms with E-state index in [0.29, 0.717) is 6.54 Å². The molecule has 1 aromatic carbocycles. The average Bonchev–Trinajstić information content (AvgIpc) is 2.34. The van der Waals surface area contributed by atoms with Gasteiger partial charge in [0, 0.05) is 30.7 Å². The number of rotatable bonds is 5. The zero-order chi connectivity index (χ0) is 13.8. The maximum atomic E-state index is 12.0. The van der Waals surface area contributed by atoms with Crippen molar-refractivity contribution in [2.24, 2.45) is 0 Å². The largest absolute Gasteiger partial charge is 0.322 e. The molecule has 2 N–H and O–H groups in total. The minimum absolute atomic E-state index is 0.00421. The van der Waals surface area contributed by atoms with Crippen molar-refractivity contribution in [1.82, 2.24) is 15.2 Å². The molecule has 4 heteroatoms. The number of hydrogen-bond acceptors (Lipinski definition) is 3. The Labute approximate surface area is 113 Å². The summed E-state index contributed by atoms with van der Waals surface area (Å²) in [6, 6.07) is 8.07. The molecular weight excluding hydrogens is 238 g/mol. The number of benzene rings is 1. The number of nitrogens with zero attached hydrogens (tertiary/aromatic N) is 1. The minimum atomic E-state index is -0.00421. The third kappa shape index (κ3) is 3.66. The smallest absolute Gasteiger partial charge is 0.252 e. The van der Waals surface area contributed by atoms with Crippen LogP contribution in [0.3, 0.4) is 0 Å². The highest BCUT2D eigenvalue weighted by atomic mass is 16.1. The summed E-state index contributed by atoms with van der Waals surface area (Å²) in [5.41, 5.74) is 2.84. The van der Waals surface area contributed by atoms with Crippen LogP contribution in [-0.2, 0) is 6.54 Å². The van der Waals surface area contributed by atoms with Gasteiger partial charge in [-0.25, -0.2) is 0 Å². The summed E-state index contributed by atoms with van der Waals surface area (Å²) in [7, 11) is 4.07. The number of fused-ring (bicyclic) bond motifs is 1. The Morgan fingerprint density at radius 1 is 1.26 bits per heavy atom. The van der Waals surface area contributed by atoms with E-state index >= 15 is 0 Å². The van der Waals surface area contributed by atoms with Crippen molar-refractivity contribution in [2.75, 3.05) is 27.2 Å². The number of likely N-dealkylation sites (N-methyl/N-ethyl adjacent to an activating group) is 1. The van der Waals surface area contributed by atoms with Crippen LogP contribution in [0.2, 0.25) is 0 Å². The maximum Gasteiger partial charge on any atom is 0.252 e. The van der Waals surface area contributed by atoms with Crippen molar-refractivity contribution in [2.45, 2.75) is 13.5 Å². The monoisotopic (exact) mass is 259 g/mol. The standard InChI is InChI=1S/C15H21N3O/c1-11-4-5-12-9-13(10-16-6-7-18(2)3)15(19)17-14(12)8-11/h4-5,8-9,16H,6-7,10H2,1-3H3,(H,17,19). The number of hydrogen-bond donors (Lipinski definition) is 2. The molecular formula is C15H21N3O. The van der Waals surface area contributed by atoms with Gasteiger partial charge < -0.3 is 15.2 Å². The van der Waals surface area contributed by atoms with Crippen LogP contribution in [0.15, 0.2) is 29.1 Å². The lowest BCUT2D eigenvalue weighted by Crippen LogP contribution is -2.28. The van der Waals surface area contributed by atoms with Crippen LogP contribution in [-0.4, -0.2) is 37.1 Å². The molecule has 102 valence electrons. The van der Waals surface area contributed by atoms with E-state index in [1.807, 2.05) is 39.2 Å². The van der Waals surface area contributed by atoms with Gasteiger partial charge in [-0.2, -0.15) is 0 Å². The van der Waals surface area contributed by atoms with Gasteiger partial charge in [-0.05, 0) is 44.1 Å². The summed E-state index contributed by atoms with van der Waals surface area (Å²) in [5, 5.41) is 4.37. The molecule has 0 fully saturated rings. The van der Waals surface area contributed by atoms with E-state index in [9.17, 15) is 4.79 Å². The summed E-state index contributed by atoms with van der Waals surface area (Å²) in [5.74, 6) is 0. The Morgan fingerprint density at radius 2 is 2.05 bits per heavy atom. The van der Waals surface area contributed by atoms with E-state index in [1.54, 1.807) is 0 Å². The van der Waals surface area contributed by atoms with Gasteiger partial charge in [0.05, 0.1) is 0 Å². The summed E-state index contributed by atoms with van der Waals surface area (Å²) in [6.07, 6.45) is 0. The minimum Gasteiger partial charge on any atom is -0.322 e. The predicted octanol–water partition coefficient (Wildman–Crippen LogP) is 1.49. The van der Waals surface area contributed by atoms with Gasteiger partial charge in [0.2, 0.25) is 0 Å². The number of H-pyrrole nitrogens is 1. The van der Waals surface area contributed by atoms with Gasteiger partial charge in [0.15, 0.2) is 0 Å². The van der Waals surface area contributed by atoms with E-state index in [2.05, 4.69) is 21.3 Å². The number of aromatic nitrogens is 1. The topological polar surface area (TPSA) is 48.1 Å². The molecule has 19 heavy (non-hydrogen) atoms. The third-order valence-electron chi connectivity index (χ3n) is 3.13. The number of pyridine rings is 1.